The van der Waals surface area contributed by atoms with Crippen LogP contribution in [0.15, 0.2) is 24.5 Å². The molecule has 0 spiro atoms. The van der Waals surface area contributed by atoms with Crippen LogP contribution in [0.4, 0.5) is 0 Å². The van der Waals surface area contributed by atoms with Crippen molar-refractivity contribution >= 4 is 16.9 Å². The van der Waals surface area contributed by atoms with E-state index in [4.69, 9.17) is 5.73 Å². The number of hydrogen-bond acceptors (Lipinski definition) is 3. The van der Waals surface area contributed by atoms with Gasteiger partial charge >= 0.3 is 0 Å². The summed E-state index contributed by atoms with van der Waals surface area (Å²) in [5, 5.41) is 4.44. The smallest absolute Gasteiger partial charge is 0.222 e. The molecule has 0 aliphatic rings. The van der Waals surface area contributed by atoms with Crippen LogP contribution >= 0.6 is 0 Å². The van der Waals surface area contributed by atoms with Crippen LogP contribution in [0.5, 0.6) is 0 Å². The molecule has 0 radical (unpaired) electrons. The fourth-order valence-corrected chi connectivity index (χ4v) is 2.12. The van der Waals surface area contributed by atoms with Crippen LogP contribution in [-0.4, -0.2) is 22.0 Å². The molecule has 5 nitrogen and oxygen atoms in total. The number of carbonyl (C=O) groups excluding carboxylic acids is 1. The fraction of sp³-hybridized carbons (Fsp3) is 0.429. The van der Waals surface area contributed by atoms with Gasteiger partial charge in [-0.15, -0.1) is 0 Å². The van der Waals surface area contributed by atoms with Gasteiger partial charge in [0.2, 0.25) is 5.91 Å². The van der Waals surface area contributed by atoms with E-state index in [2.05, 4.69) is 29.5 Å². The molecule has 0 aromatic carbocycles. The summed E-state index contributed by atoms with van der Waals surface area (Å²) in [5.41, 5.74) is 7.43. The third-order valence-electron chi connectivity index (χ3n) is 3.24. The van der Waals surface area contributed by atoms with Gasteiger partial charge in [0.15, 0.2) is 0 Å². The van der Waals surface area contributed by atoms with Crippen molar-refractivity contribution in [2.24, 2.45) is 11.7 Å². The first-order valence-electron chi connectivity index (χ1n) is 6.56. The number of hydrogen-bond donors (Lipinski definition) is 2. The van der Waals surface area contributed by atoms with E-state index >= 15 is 0 Å². The van der Waals surface area contributed by atoms with E-state index in [1.807, 2.05) is 17.6 Å². The van der Waals surface area contributed by atoms with Crippen molar-refractivity contribution in [3.8, 4) is 0 Å². The van der Waals surface area contributed by atoms with E-state index < -0.39 is 0 Å². The molecule has 0 saturated heterocycles. The van der Waals surface area contributed by atoms with Crippen LogP contribution in [0.1, 0.15) is 19.4 Å². The van der Waals surface area contributed by atoms with Gasteiger partial charge in [-0.3, -0.25) is 4.79 Å². The summed E-state index contributed by atoms with van der Waals surface area (Å²) in [6, 6.07) is 3.99. The van der Waals surface area contributed by atoms with Gasteiger partial charge < -0.3 is 15.6 Å². The van der Waals surface area contributed by atoms with Crippen molar-refractivity contribution in [1.82, 2.24) is 14.9 Å². The topological polar surface area (TPSA) is 72.9 Å². The van der Waals surface area contributed by atoms with Crippen LogP contribution in [0.3, 0.4) is 0 Å². The number of amides is 1. The second-order valence-corrected chi connectivity index (χ2v) is 4.77. The molecule has 0 fully saturated rings. The zero-order valence-corrected chi connectivity index (χ0v) is 11.4. The van der Waals surface area contributed by atoms with Crippen LogP contribution in [0.25, 0.3) is 11.0 Å². The monoisotopic (exact) mass is 260 g/mol. The number of fused-ring (bicyclic) bond motifs is 1. The standard InChI is InChI=1S/C14H20N4O/c1-3-16-7-11-9-18(8-10(2)13(15)19)14-12(11)5-4-6-17-14/h4-6,9-10,16H,3,7-8H2,1-2H3,(H2,15,19). The van der Waals surface area contributed by atoms with E-state index in [1.54, 1.807) is 6.20 Å². The van der Waals surface area contributed by atoms with Gasteiger partial charge in [0.25, 0.3) is 0 Å². The zero-order valence-electron chi connectivity index (χ0n) is 11.4. The maximum Gasteiger partial charge on any atom is 0.222 e. The maximum absolute atomic E-state index is 11.2. The second-order valence-electron chi connectivity index (χ2n) is 4.77. The normalized spacial score (nSPS) is 12.7. The highest BCUT2D eigenvalue weighted by molar-refractivity contribution is 5.81. The van der Waals surface area contributed by atoms with Gasteiger partial charge in [-0.05, 0) is 24.2 Å². The van der Waals surface area contributed by atoms with Crippen LogP contribution < -0.4 is 11.1 Å². The molecule has 102 valence electrons. The van der Waals surface area contributed by atoms with E-state index in [1.165, 1.54) is 5.56 Å². The SMILES string of the molecule is CCNCc1cn(CC(C)C(N)=O)c2ncccc12. The highest BCUT2D eigenvalue weighted by atomic mass is 16.1. The number of pyridine rings is 1. The Kier molecular flexibility index (Phi) is 4.16. The second kappa shape index (κ2) is 5.84. The minimum Gasteiger partial charge on any atom is -0.369 e. The summed E-state index contributed by atoms with van der Waals surface area (Å²) in [6.45, 7) is 6.20. The Morgan fingerprint density at radius 2 is 2.37 bits per heavy atom. The highest BCUT2D eigenvalue weighted by Crippen LogP contribution is 2.20. The van der Waals surface area contributed by atoms with E-state index in [-0.39, 0.29) is 11.8 Å². The largest absolute Gasteiger partial charge is 0.369 e. The van der Waals surface area contributed by atoms with E-state index in [0.717, 1.165) is 24.1 Å². The van der Waals surface area contributed by atoms with Crippen LogP contribution in [0, 0.1) is 5.92 Å². The van der Waals surface area contributed by atoms with E-state index in [9.17, 15) is 4.79 Å². The van der Waals surface area contributed by atoms with Gasteiger partial charge in [-0.2, -0.15) is 0 Å². The highest BCUT2D eigenvalue weighted by Gasteiger charge is 2.14. The molecule has 3 N–H and O–H groups in total. The first kappa shape index (κ1) is 13.5. The average Bonchev–Trinajstić information content (AvgIpc) is 2.75. The molecule has 1 atom stereocenters. The molecular formula is C14H20N4O. The number of carbonyl (C=O) groups is 1. The number of nitrogens with two attached hydrogens (primary N) is 1. The van der Waals surface area contributed by atoms with Crippen molar-refractivity contribution < 1.29 is 4.79 Å². The Balaban J connectivity index is 2.35. The summed E-state index contributed by atoms with van der Waals surface area (Å²) in [5.74, 6) is -0.490. The number of nitrogens with zero attached hydrogens (tertiary/aromatic N) is 2. The molecule has 2 heterocycles. The number of rotatable bonds is 6. The Labute approximate surface area is 112 Å². The summed E-state index contributed by atoms with van der Waals surface area (Å²) in [6.07, 6.45) is 3.82. The van der Waals surface area contributed by atoms with Gasteiger partial charge in [0.1, 0.15) is 5.65 Å². The predicted molar refractivity (Wildman–Crippen MR) is 75.5 cm³/mol. The average molecular weight is 260 g/mol. The molecule has 2 aromatic heterocycles. The van der Waals surface area contributed by atoms with Gasteiger partial charge in [-0.25, -0.2) is 4.98 Å². The number of primary amides is 1. The third-order valence-corrected chi connectivity index (χ3v) is 3.24. The maximum atomic E-state index is 11.2. The summed E-state index contributed by atoms with van der Waals surface area (Å²) in [7, 11) is 0. The first-order valence-corrected chi connectivity index (χ1v) is 6.56. The third kappa shape index (κ3) is 2.93. The molecule has 1 amide bonds. The lowest BCUT2D eigenvalue weighted by atomic mass is 10.2. The molecule has 0 saturated carbocycles. The Morgan fingerprint density at radius 3 is 3.05 bits per heavy atom. The quantitative estimate of drug-likeness (QED) is 0.821. The molecule has 0 aliphatic carbocycles. The molecule has 1 unspecified atom stereocenters. The van der Waals surface area contributed by atoms with Gasteiger partial charge in [-0.1, -0.05) is 13.8 Å². The Morgan fingerprint density at radius 1 is 1.58 bits per heavy atom. The zero-order chi connectivity index (χ0) is 13.8. The van der Waals surface area contributed by atoms with Crippen molar-refractivity contribution in [3.05, 3.63) is 30.1 Å². The van der Waals surface area contributed by atoms with Crippen LogP contribution in [-0.2, 0) is 17.9 Å². The summed E-state index contributed by atoms with van der Waals surface area (Å²) < 4.78 is 2.01. The number of aromatic nitrogens is 2. The lowest BCUT2D eigenvalue weighted by Crippen LogP contribution is -2.24. The fourth-order valence-electron chi connectivity index (χ4n) is 2.12. The van der Waals surface area contributed by atoms with Crippen molar-refractivity contribution in [2.75, 3.05) is 6.54 Å². The van der Waals surface area contributed by atoms with E-state index in [0.29, 0.717) is 6.54 Å². The molecule has 0 bridgehead atoms. The predicted octanol–water partition coefficient (Wildman–Crippen LogP) is 1.27. The van der Waals surface area contributed by atoms with Crippen molar-refractivity contribution in [3.63, 3.8) is 0 Å². The summed E-state index contributed by atoms with van der Waals surface area (Å²) >= 11 is 0. The molecular weight excluding hydrogens is 240 g/mol. The van der Waals surface area contributed by atoms with Gasteiger partial charge in [0.05, 0.1) is 5.92 Å². The summed E-state index contributed by atoms with van der Waals surface area (Å²) in [4.78, 5) is 15.6. The lowest BCUT2D eigenvalue weighted by molar-refractivity contribution is -0.121. The minimum atomic E-state index is -0.286. The molecule has 0 aliphatic heterocycles. The van der Waals surface area contributed by atoms with Gasteiger partial charge in [0, 0.05) is 30.9 Å². The minimum absolute atomic E-state index is 0.204. The molecule has 2 aromatic rings. The molecule has 19 heavy (non-hydrogen) atoms. The Bertz CT molecular complexity index is 576. The lowest BCUT2D eigenvalue weighted by Gasteiger charge is -2.09. The Hall–Kier alpha value is -1.88. The van der Waals surface area contributed by atoms with Crippen molar-refractivity contribution in [2.45, 2.75) is 26.9 Å². The number of nitrogens with one attached hydrogen (secondary N) is 1. The van der Waals surface area contributed by atoms with Crippen molar-refractivity contribution in [1.29, 1.82) is 0 Å². The van der Waals surface area contributed by atoms with Crippen LogP contribution in [0.2, 0.25) is 0 Å². The molecule has 5 heteroatoms. The first-order chi connectivity index (χ1) is 9.13. The molecule has 2 rings (SSSR count).